The van der Waals surface area contributed by atoms with Crippen molar-refractivity contribution in [3.63, 3.8) is 0 Å². The van der Waals surface area contributed by atoms with Crippen LogP contribution < -0.4 is 10.1 Å². The molecule has 136 valence electrons. The molecule has 0 amide bonds. The minimum absolute atomic E-state index is 0.0301. The van der Waals surface area contributed by atoms with Gasteiger partial charge in [0.25, 0.3) is 0 Å². The third-order valence-electron chi connectivity index (χ3n) is 4.32. The molecule has 0 fully saturated rings. The van der Waals surface area contributed by atoms with Crippen LogP contribution in [0.15, 0.2) is 66.9 Å². The van der Waals surface area contributed by atoms with Gasteiger partial charge in [-0.15, -0.1) is 0 Å². The number of anilines is 2. The molecule has 0 aliphatic carbocycles. The van der Waals surface area contributed by atoms with Crippen molar-refractivity contribution in [1.29, 1.82) is 0 Å². The molecular weight excluding hydrogens is 336 g/mol. The second kappa shape index (κ2) is 6.76. The van der Waals surface area contributed by atoms with E-state index in [9.17, 15) is 0 Å². The standard InChI is InChI=1S/C22H22N4O/c1-22(2,3)15-9-4-7-13-19(15)27-20-18(12-8-14-23-20)26-21-24-16-10-5-6-11-17(16)25-21/h4-14H,1-3H3,(H2,24,25,26). The summed E-state index contributed by atoms with van der Waals surface area (Å²) in [6, 6.07) is 19.8. The Labute approximate surface area is 158 Å². The van der Waals surface area contributed by atoms with Crippen molar-refractivity contribution in [2.24, 2.45) is 0 Å². The van der Waals surface area contributed by atoms with Gasteiger partial charge in [0.1, 0.15) is 11.4 Å². The number of aromatic amines is 1. The van der Waals surface area contributed by atoms with Crippen LogP contribution in [0.25, 0.3) is 11.0 Å². The fourth-order valence-corrected chi connectivity index (χ4v) is 2.99. The van der Waals surface area contributed by atoms with E-state index >= 15 is 0 Å². The van der Waals surface area contributed by atoms with Gasteiger partial charge in [-0.25, -0.2) is 9.97 Å². The van der Waals surface area contributed by atoms with Crippen molar-refractivity contribution in [3.8, 4) is 11.6 Å². The Balaban J connectivity index is 1.66. The van der Waals surface area contributed by atoms with Crippen molar-refractivity contribution in [2.75, 3.05) is 5.32 Å². The zero-order valence-electron chi connectivity index (χ0n) is 15.7. The van der Waals surface area contributed by atoms with E-state index in [-0.39, 0.29) is 5.41 Å². The molecule has 0 unspecified atom stereocenters. The van der Waals surface area contributed by atoms with Crippen LogP contribution in [0.2, 0.25) is 0 Å². The summed E-state index contributed by atoms with van der Waals surface area (Å²) >= 11 is 0. The molecule has 2 N–H and O–H groups in total. The Morgan fingerprint density at radius 1 is 0.926 bits per heavy atom. The second-order valence-corrected chi connectivity index (χ2v) is 7.43. The van der Waals surface area contributed by atoms with Gasteiger partial charge in [-0.2, -0.15) is 0 Å². The second-order valence-electron chi connectivity index (χ2n) is 7.43. The minimum atomic E-state index is -0.0301. The van der Waals surface area contributed by atoms with Crippen molar-refractivity contribution in [2.45, 2.75) is 26.2 Å². The number of benzene rings is 2. The number of ether oxygens (including phenoxy) is 1. The molecule has 4 aromatic rings. The molecule has 0 bridgehead atoms. The molecule has 2 heterocycles. The van der Waals surface area contributed by atoms with Crippen molar-refractivity contribution in [3.05, 3.63) is 72.4 Å². The number of fused-ring (bicyclic) bond motifs is 1. The number of rotatable bonds is 4. The molecule has 0 atom stereocenters. The lowest BCUT2D eigenvalue weighted by Gasteiger charge is -2.22. The Morgan fingerprint density at radius 3 is 2.52 bits per heavy atom. The first-order valence-electron chi connectivity index (χ1n) is 8.95. The first-order chi connectivity index (χ1) is 13.0. The van der Waals surface area contributed by atoms with Gasteiger partial charge in [-0.3, -0.25) is 0 Å². The van der Waals surface area contributed by atoms with Crippen LogP contribution in [0.3, 0.4) is 0 Å². The number of imidazole rings is 1. The van der Waals surface area contributed by atoms with Gasteiger partial charge < -0.3 is 15.0 Å². The predicted molar refractivity (Wildman–Crippen MR) is 109 cm³/mol. The molecule has 0 aliphatic heterocycles. The van der Waals surface area contributed by atoms with Crippen LogP contribution in [0.1, 0.15) is 26.3 Å². The van der Waals surface area contributed by atoms with E-state index in [2.05, 4.69) is 47.1 Å². The maximum absolute atomic E-state index is 6.20. The Morgan fingerprint density at radius 2 is 1.70 bits per heavy atom. The normalized spacial score (nSPS) is 11.5. The molecule has 5 heteroatoms. The number of hydrogen-bond donors (Lipinski definition) is 2. The lowest BCUT2D eigenvalue weighted by Crippen LogP contribution is -2.12. The highest BCUT2D eigenvalue weighted by atomic mass is 16.5. The van der Waals surface area contributed by atoms with Crippen LogP contribution in [0.4, 0.5) is 11.6 Å². The van der Waals surface area contributed by atoms with E-state index < -0.39 is 0 Å². The van der Waals surface area contributed by atoms with E-state index in [1.807, 2.05) is 54.6 Å². The highest BCUT2D eigenvalue weighted by Gasteiger charge is 2.20. The smallest absolute Gasteiger partial charge is 0.243 e. The van der Waals surface area contributed by atoms with E-state index in [1.165, 1.54) is 0 Å². The van der Waals surface area contributed by atoms with Crippen molar-refractivity contribution < 1.29 is 4.74 Å². The molecule has 0 aliphatic rings. The number of H-pyrrole nitrogens is 1. The van der Waals surface area contributed by atoms with Gasteiger partial charge in [0, 0.05) is 11.8 Å². The van der Waals surface area contributed by atoms with E-state index in [0.29, 0.717) is 11.8 Å². The molecule has 5 nitrogen and oxygen atoms in total. The van der Waals surface area contributed by atoms with Crippen LogP contribution >= 0.6 is 0 Å². The van der Waals surface area contributed by atoms with Gasteiger partial charge in [0.15, 0.2) is 0 Å². The van der Waals surface area contributed by atoms with E-state index in [0.717, 1.165) is 28.0 Å². The van der Waals surface area contributed by atoms with Crippen LogP contribution in [-0.4, -0.2) is 15.0 Å². The minimum Gasteiger partial charge on any atom is -0.437 e. The zero-order chi connectivity index (χ0) is 18.9. The van der Waals surface area contributed by atoms with Gasteiger partial charge in [0.2, 0.25) is 11.8 Å². The van der Waals surface area contributed by atoms with E-state index in [1.54, 1.807) is 6.20 Å². The summed E-state index contributed by atoms with van der Waals surface area (Å²) in [6.45, 7) is 6.50. The molecular formula is C22H22N4O. The summed E-state index contributed by atoms with van der Waals surface area (Å²) in [4.78, 5) is 12.2. The number of pyridine rings is 1. The maximum Gasteiger partial charge on any atom is 0.243 e. The molecule has 0 saturated heterocycles. The maximum atomic E-state index is 6.20. The first-order valence-corrected chi connectivity index (χ1v) is 8.95. The van der Waals surface area contributed by atoms with Crippen molar-refractivity contribution in [1.82, 2.24) is 15.0 Å². The fourth-order valence-electron chi connectivity index (χ4n) is 2.99. The summed E-state index contributed by atoms with van der Waals surface area (Å²) in [7, 11) is 0. The van der Waals surface area contributed by atoms with Crippen LogP contribution in [0, 0.1) is 0 Å². The third-order valence-corrected chi connectivity index (χ3v) is 4.32. The number of nitrogens with one attached hydrogen (secondary N) is 2. The lowest BCUT2D eigenvalue weighted by molar-refractivity contribution is 0.442. The quantitative estimate of drug-likeness (QED) is 0.484. The number of aromatic nitrogens is 3. The van der Waals surface area contributed by atoms with Gasteiger partial charge in [-0.1, -0.05) is 51.1 Å². The number of nitrogens with zero attached hydrogens (tertiary/aromatic N) is 2. The molecule has 2 aromatic heterocycles. The number of para-hydroxylation sites is 3. The summed E-state index contributed by atoms with van der Waals surface area (Å²) in [6.07, 6.45) is 1.72. The highest BCUT2D eigenvalue weighted by molar-refractivity contribution is 5.78. The third kappa shape index (κ3) is 3.62. The summed E-state index contributed by atoms with van der Waals surface area (Å²) in [5.41, 5.74) is 3.73. The number of hydrogen-bond acceptors (Lipinski definition) is 4. The van der Waals surface area contributed by atoms with Crippen molar-refractivity contribution >= 4 is 22.7 Å². The van der Waals surface area contributed by atoms with Gasteiger partial charge >= 0.3 is 0 Å². The molecule has 27 heavy (non-hydrogen) atoms. The Bertz CT molecular complexity index is 1050. The van der Waals surface area contributed by atoms with Gasteiger partial charge in [0.05, 0.1) is 11.0 Å². The molecule has 0 spiro atoms. The van der Waals surface area contributed by atoms with E-state index in [4.69, 9.17) is 4.74 Å². The molecule has 4 rings (SSSR count). The molecule has 0 saturated carbocycles. The van der Waals surface area contributed by atoms with Crippen LogP contribution in [-0.2, 0) is 5.41 Å². The Kier molecular flexibility index (Phi) is 4.28. The summed E-state index contributed by atoms with van der Waals surface area (Å²) < 4.78 is 6.20. The highest BCUT2D eigenvalue weighted by Crippen LogP contribution is 2.36. The largest absolute Gasteiger partial charge is 0.437 e. The average Bonchev–Trinajstić information content (AvgIpc) is 3.05. The Hall–Kier alpha value is -3.34. The van der Waals surface area contributed by atoms with Crippen LogP contribution in [0.5, 0.6) is 11.6 Å². The SMILES string of the molecule is CC(C)(C)c1ccccc1Oc1ncccc1Nc1nc2ccccc2[nH]1. The first kappa shape index (κ1) is 17.1. The topological polar surface area (TPSA) is 62.8 Å². The summed E-state index contributed by atoms with van der Waals surface area (Å²) in [5, 5.41) is 3.29. The van der Waals surface area contributed by atoms with Gasteiger partial charge in [-0.05, 0) is 35.7 Å². The predicted octanol–water partition coefficient (Wildman–Crippen LogP) is 5.79. The zero-order valence-corrected chi connectivity index (χ0v) is 15.7. The fraction of sp³-hybridized carbons (Fsp3) is 0.182. The molecule has 0 radical (unpaired) electrons. The summed E-state index contributed by atoms with van der Waals surface area (Å²) in [5.74, 6) is 1.96. The monoisotopic (exact) mass is 358 g/mol. The average molecular weight is 358 g/mol. The molecule has 2 aromatic carbocycles. The lowest BCUT2D eigenvalue weighted by atomic mass is 9.86.